The van der Waals surface area contributed by atoms with Gasteiger partial charge < -0.3 is 10.1 Å². The topological polar surface area (TPSA) is 77.0 Å². The average molecular weight is 195 g/mol. The minimum Gasteiger partial charge on any atom is -0.464 e. The first-order valence-electron chi connectivity index (χ1n) is 2.82. The summed E-state index contributed by atoms with van der Waals surface area (Å²) in [6.07, 6.45) is -0.822. The van der Waals surface area contributed by atoms with Gasteiger partial charge in [0.15, 0.2) is 0 Å². The van der Waals surface area contributed by atoms with Crippen LogP contribution in [0.2, 0.25) is 0 Å². The summed E-state index contributed by atoms with van der Waals surface area (Å²) in [5.41, 5.74) is 0. The first-order chi connectivity index (χ1) is 5.61. The van der Waals surface area contributed by atoms with Crippen molar-refractivity contribution in [1.29, 1.82) is 0 Å². The molecule has 0 aliphatic rings. The number of esters is 1. The molecule has 68 valence electrons. The van der Waals surface area contributed by atoms with E-state index in [1.807, 2.05) is 0 Å². The van der Waals surface area contributed by atoms with E-state index in [0.29, 0.717) is 0 Å². The molecule has 0 spiro atoms. The van der Waals surface area contributed by atoms with Crippen molar-refractivity contribution >= 4 is 28.8 Å². The molecule has 0 radical (unpaired) electrons. The zero-order valence-corrected chi connectivity index (χ0v) is 7.21. The number of rotatable bonds is 2. The van der Waals surface area contributed by atoms with Crippen LogP contribution in [0.5, 0.6) is 0 Å². The summed E-state index contributed by atoms with van der Waals surface area (Å²) in [6, 6.07) is 0. The maximum Gasteiger partial charge on any atom is 0.433 e. The second kappa shape index (κ2) is 5.36. The number of amides is 1. The van der Waals surface area contributed by atoms with E-state index >= 15 is 0 Å². The fourth-order valence-corrected chi connectivity index (χ4v) is 0.360. The number of nitrogens with zero attached hydrogens (tertiary/aromatic N) is 1. The summed E-state index contributed by atoms with van der Waals surface area (Å²) in [5.74, 6) is -0.874. The summed E-state index contributed by atoms with van der Waals surface area (Å²) in [4.78, 5) is 25.0. The molecule has 0 aromatic rings. The normalized spacial score (nSPS) is 10.4. The van der Waals surface area contributed by atoms with Crippen LogP contribution in [0.4, 0.5) is 4.79 Å². The number of halogens is 1. The SMILES string of the molecule is CNC(=O)O/N=C(/Cl)C(=O)OC. The lowest BCUT2D eigenvalue weighted by Crippen LogP contribution is -2.18. The molecule has 6 nitrogen and oxygen atoms in total. The first kappa shape index (κ1) is 10.7. The molecular formula is C5H7ClN2O4. The molecule has 0 bridgehead atoms. The molecule has 0 heterocycles. The summed E-state index contributed by atoms with van der Waals surface area (Å²) in [7, 11) is 2.46. The van der Waals surface area contributed by atoms with Crippen molar-refractivity contribution in [1.82, 2.24) is 5.32 Å². The van der Waals surface area contributed by atoms with E-state index in [-0.39, 0.29) is 0 Å². The van der Waals surface area contributed by atoms with Gasteiger partial charge in [-0.1, -0.05) is 16.8 Å². The van der Waals surface area contributed by atoms with Crippen LogP contribution >= 0.6 is 11.6 Å². The predicted octanol–water partition coefficient (Wildman–Crippen LogP) is 0.0677. The lowest BCUT2D eigenvalue weighted by atomic mass is 10.7. The van der Waals surface area contributed by atoms with Crippen molar-refractivity contribution in [2.75, 3.05) is 14.2 Å². The van der Waals surface area contributed by atoms with Crippen LogP contribution in [0.1, 0.15) is 0 Å². The van der Waals surface area contributed by atoms with Gasteiger partial charge in [0.25, 0.3) is 5.17 Å². The molecule has 0 saturated carbocycles. The van der Waals surface area contributed by atoms with E-state index in [1.54, 1.807) is 0 Å². The molecule has 0 aliphatic carbocycles. The largest absolute Gasteiger partial charge is 0.464 e. The highest BCUT2D eigenvalue weighted by Gasteiger charge is 2.09. The maximum atomic E-state index is 10.5. The number of hydrogen-bond donors (Lipinski definition) is 1. The molecule has 0 aromatic carbocycles. The van der Waals surface area contributed by atoms with Gasteiger partial charge in [-0.05, 0) is 0 Å². The number of carbonyl (C=O) groups is 2. The molecule has 0 atom stereocenters. The van der Waals surface area contributed by atoms with Crippen molar-refractivity contribution in [2.24, 2.45) is 5.16 Å². The molecule has 0 aromatic heterocycles. The Morgan fingerprint density at radius 2 is 2.08 bits per heavy atom. The quantitative estimate of drug-likeness (QED) is 0.292. The Kier molecular flexibility index (Phi) is 4.78. The van der Waals surface area contributed by atoms with Crippen molar-refractivity contribution in [3.63, 3.8) is 0 Å². The van der Waals surface area contributed by atoms with E-state index in [9.17, 15) is 9.59 Å². The van der Waals surface area contributed by atoms with Crippen LogP contribution in [0.25, 0.3) is 0 Å². The molecule has 0 rings (SSSR count). The van der Waals surface area contributed by atoms with Crippen molar-refractivity contribution in [3.05, 3.63) is 0 Å². The van der Waals surface area contributed by atoms with E-state index in [1.165, 1.54) is 7.05 Å². The minimum atomic E-state index is -0.874. The Morgan fingerprint density at radius 1 is 1.50 bits per heavy atom. The van der Waals surface area contributed by atoms with Gasteiger partial charge in [-0.15, -0.1) is 0 Å². The molecule has 1 amide bonds. The lowest BCUT2D eigenvalue weighted by molar-refractivity contribution is -0.132. The second-order valence-corrected chi connectivity index (χ2v) is 1.86. The van der Waals surface area contributed by atoms with Crippen LogP contribution in [-0.4, -0.2) is 31.4 Å². The number of nitrogens with one attached hydrogen (secondary N) is 1. The number of ether oxygens (including phenoxy) is 1. The van der Waals surface area contributed by atoms with E-state index in [0.717, 1.165) is 7.11 Å². The van der Waals surface area contributed by atoms with Crippen molar-refractivity contribution < 1.29 is 19.2 Å². The van der Waals surface area contributed by atoms with E-state index in [2.05, 4.69) is 20.0 Å². The maximum absolute atomic E-state index is 10.5. The lowest BCUT2D eigenvalue weighted by Gasteiger charge is -1.95. The molecule has 0 fully saturated rings. The summed E-state index contributed by atoms with van der Waals surface area (Å²) < 4.78 is 4.16. The molecule has 0 aliphatic heterocycles. The van der Waals surface area contributed by atoms with E-state index in [4.69, 9.17) is 11.6 Å². The Hall–Kier alpha value is -1.30. The van der Waals surface area contributed by atoms with Crippen LogP contribution in [0, 0.1) is 0 Å². The number of methoxy groups -OCH3 is 1. The van der Waals surface area contributed by atoms with Gasteiger partial charge in [0.2, 0.25) is 0 Å². The smallest absolute Gasteiger partial charge is 0.433 e. The first-order valence-corrected chi connectivity index (χ1v) is 3.20. The van der Waals surface area contributed by atoms with Gasteiger partial charge in [0.05, 0.1) is 7.11 Å². The van der Waals surface area contributed by atoms with Crippen molar-refractivity contribution in [3.8, 4) is 0 Å². The minimum absolute atomic E-state index is 0.555. The highest BCUT2D eigenvalue weighted by atomic mass is 35.5. The molecule has 1 N–H and O–H groups in total. The van der Waals surface area contributed by atoms with Gasteiger partial charge in [-0.2, -0.15) is 0 Å². The molecule has 7 heteroatoms. The van der Waals surface area contributed by atoms with E-state index < -0.39 is 17.2 Å². The third kappa shape index (κ3) is 3.77. The highest BCUT2D eigenvalue weighted by molar-refractivity contribution is 6.81. The number of oxime groups is 1. The van der Waals surface area contributed by atoms with Gasteiger partial charge >= 0.3 is 12.1 Å². The molecule has 0 saturated heterocycles. The Bertz CT molecular complexity index is 215. The van der Waals surface area contributed by atoms with Crippen molar-refractivity contribution in [2.45, 2.75) is 0 Å². The van der Waals surface area contributed by atoms with Crippen LogP contribution in [0.3, 0.4) is 0 Å². The fourth-order valence-electron chi connectivity index (χ4n) is 0.249. The standard InChI is InChI=1S/C5H7ClN2O4/c1-7-5(10)12-8-3(6)4(9)11-2/h1-2H3,(H,7,10)/b8-3+. The zero-order chi connectivity index (χ0) is 9.56. The molecule has 0 unspecified atom stereocenters. The zero-order valence-electron chi connectivity index (χ0n) is 6.46. The monoisotopic (exact) mass is 194 g/mol. The average Bonchev–Trinajstić information content (AvgIpc) is 2.11. The van der Waals surface area contributed by atoms with Crippen LogP contribution in [-0.2, 0) is 14.4 Å². The third-order valence-electron chi connectivity index (χ3n) is 0.767. The van der Waals surface area contributed by atoms with Gasteiger partial charge in [-0.3, -0.25) is 4.84 Å². The summed E-state index contributed by atoms with van der Waals surface area (Å²) in [5, 5.41) is 4.50. The van der Waals surface area contributed by atoms with Gasteiger partial charge in [-0.25, -0.2) is 9.59 Å². The van der Waals surface area contributed by atoms with Gasteiger partial charge in [0.1, 0.15) is 0 Å². The fraction of sp³-hybridized carbons (Fsp3) is 0.400. The number of hydrogen-bond acceptors (Lipinski definition) is 5. The molecular weight excluding hydrogens is 188 g/mol. The predicted molar refractivity (Wildman–Crippen MR) is 40.8 cm³/mol. The third-order valence-corrected chi connectivity index (χ3v) is 0.990. The highest BCUT2D eigenvalue weighted by Crippen LogP contribution is 1.90. The van der Waals surface area contributed by atoms with Crippen LogP contribution in [0.15, 0.2) is 5.16 Å². The molecule has 12 heavy (non-hydrogen) atoms. The Morgan fingerprint density at radius 3 is 2.50 bits per heavy atom. The van der Waals surface area contributed by atoms with Crippen LogP contribution < -0.4 is 5.32 Å². The van der Waals surface area contributed by atoms with Gasteiger partial charge in [0, 0.05) is 7.05 Å². The second-order valence-electron chi connectivity index (χ2n) is 1.50. The summed E-state index contributed by atoms with van der Waals surface area (Å²) in [6.45, 7) is 0. The Balaban J connectivity index is 4.00. The number of carbonyl (C=O) groups excluding carboxylic acids is 2. The summed E-state index contributed by atoms with van der Waals surface area (Å²) >= 11 is 5.20. The Labute approximate surface area is 73.5 Å².